The van der Waals surface area contributed by atoms with E-state index in [4.69, 9.17) is 4.74 Å². The summed E-state index contributed by atoms with van der Waals surface area (Å²) in [4.78, 5) is 0.961. The molecule has 118 valence electrons. The topological polar surface area (TPSA) is 9.23 Å². The molecular weight excluding hydrogens is 321 g/mol. The molecule has 0 aliphatic rings. The van der Waals surface area contributed by atoms with Crippen LogP contribution < -0.4 is 4.74 Å². The van der Waals surface area contributed by atoms with E-state index in [1.54, 1.807) is 7.11 Å². The number of halogens is 3. The average Bonchev–Trinajstić information content (AvgIpc) is 2.99. The molecule has 3 aromatic rings. The highest BCUT2D eigenvalue weighted by Gasteiger charge is 2.30. The zero-order chi connectivity index (χ0) is 16.4. The summed E-state index contributed by atoms with van der Waals surface area (Å²) in [5.41, 5.74) is 1.87. The Kier molecular flexibility index (Phi) is 4.13. The molecule has 3 rings (SSSR count). The molecule has 2 aromatic carbocycles. The molecule has 0 spiro atoms. The molecule has 0 amide bonds. The van der Waals surface area contributed by atoms with Crippen LogP contribution in [0, 0.1) is 0 Å². The van der Waals surface area contributed by atoms with Crippen LogP contribution >= 0.6 is 11.3 Å². The van der Waals surface area contributed by atoms with Gasteiger partial charge in [0.2, 0.25) is 0 Å². The lowest BCUT2D eigenvalue weighted by molar-refractivity contribution is -0.137. The van der Waals surface area contributed by atoms with E-state index in [0.717, 1.165) is 28.1 Å². The first-order valence-electron chi connectivity index (χ1n) is 6.89. The Hall–Kier alpha value is -2.27. The Morgan fingerprint density at radius 3 is 2.09 bits per heavy atom. The van der Waals surface area contributed by atoms with Crippen molar-refractivity contribution >= 4 is 11.3 Å². The number of thiophene rings is 1. The van der Waals surface area contributed by atoms with Crippen LogP contribution in [0.2, 0.25) is 0 Å². The maximum absolute atomic E-state index is 12.7. The fraction of sp³-hybridized carbons (Fsp3) is 0.111. The highest BCUT2D eigenvalue weighted by molar-refractivity contribution is 7.14. The summed E-state index contributed by atoms with van der Waals surface area (Å²) in [5.74, 6) is 0.681. The maximum atomic E-state index is 12.7. The molecule has 1 aromatic heterocycles. The summed E-state index contributed by atoms with van der Waals surface area (Å²) >= 11 is 1.51. The van der Waals surface area contributed by atoms with Gasteiger partial charge in [0.15, 0.2) is 0 Å². The number of ether oxygens (including phenoxy) is 1. The first kappa shape index (κ1) is 15.6. The predicted molar refractivity (Wildman–Crippen MR) is 86.7 cm³/mol. The van der Waals surface area contributed by atoms with Crippen LogP contribution in [0.1, 0.15) is 5.56 Å². The minimum atomic E-state index is -4.33. The predicted octanol–water partition coefficient (Wildman–Crippen LogP) is 6.11. The fourth-order valence-electron chi connectivity index (χ4n) is 2.38. The molecule has 0 aliphatic carbocycles. The lowest BCUT2D eigenvalue weighted by atomic mass is 10.0. The van der Waals surface area contributed by atoms with Gasteiger partial charge in [-0.15, -0.1) is 11.3 Å². The second kappa shape index (κ2) is 6.08. The Labute approximate surface area is 136 Å². The van der Waals surface area contributed by atoms with E-state index in [1.807, 2.05) is 35.7 Å². The third-order valence-corrected chi connectivity index (χ3v) is 4.52. The summed E-state index contributed by atoms with van der Waals surface area (Å²) in [6.45, 7) is 0. The molecule has 0 unspecified atom stereocenters. The van der Waals surface area contributed by atoms with Crippen molar-refractivity contribution in [1.82, 2.24) is 0 Å². The molecule has 0 atom stereocenters. The van der Waals surface area contributed by atoms with Crippen LogP contribution in [-0.2, 0) is 6.18 Å². The summed E-state index contributed by atoms with van der Waals surface area (Å²) in [6.07, 6.45) is -4.33. The van der Waals surface area contributed by atoms with Crippen molar-refractivity contribution in [2.75, 3.05) is 7.11 Å². The minimum Gasteiger partial charge on any atom is -0.495 e. The van der Waals surface area contributed by atoms with Gasteiger partial charge >= 0.3 is 6.18 Å². The van der Waals surface area contributed by atoms with Gasteiger partial charge in [-0.05, 0) is 23.3 Å². The Morgan fingerprint density at radius 1 is 0.870 bits per heavy atom. The zero-order valence-corrected chi connectivity index (χ0v) is 13.0. The highest BCUT2D eigenvalue weighted by atomic mass is 32.1. The third kappa shape index (κ3) is 3.10. The summed E-state index contributed by atoms with van der Waals surface area (Å²) in [6, 6.07) is 14.9. The maximum Gasteiger partial charge on any atom is 0.416 e. The number of methoxy groups -OCH3 is 1. The first-order valence-corrected chi connectivity index (χ1v) is 7.77. The molecule has 0 saturated heterocycles. The molecule has 0 fully saturated rings. The molecule has 0 bridgehead atoms. The second-order valence-electron chi connectivity index (χ2n) is 4.95. The van der Waals surface area contributed by atoms with Crippen molar-refractivity contribution in [3.05, 3.63) is 65.5 Å². The highest BCUT2D eigenvalue weighted by Crippen LogP contribution is 2.44. The molecule has 0 saturated carbocycles. The SMILES string of the molecule is COc1c(-c2ccc(C(F)(F)F)cc2)csc1-c1ccccc1. The van der Waals surface area contributed by atoms with Crippen LogP contribution in [-0.4, -0.2) is 7.11 Å². The van der Waals surface area contributed by atoms with Gasteiger partial charge in [0, 0.05) is 10.9 Å². The van der Waals surface area contributed by atoms with Crippen molar-refractivity contribution in [3.8, 4) is 27.3 Å². The Morgan fingerprint density at radius 2 is 1.52 bits per heavy atom. The van der Waals surface area contributed by atoms with Crippen molar-refractivity contribution < 1.29 is 17.9 Å². The van der Waals surface area contributed by atoms with E-state index < -0.39 is 11.7 Å². The fourth-order valence-corrected chi connectivity index (χ4v) is 3.43. The molecule has 5 heteroatoms. The quantitative estimate of drug-likeness (QED) is 0.561. The normalized spacial score (nSPS) is 11.5. The summed E-state index contributed by atoms with van der Waals surface area (Å²) in [5, 5.41) is 1.91. The number of hydrogen-bond acceptors (Lipinski definition) is 2. The number of alkyl halides is 3. The molecule has 0 aliphatic heterocycles. The van der Waals surface area contributed by atoms with Gasteiger partial charge in [-0.2, -0.15) is 13.2 Å². The minimum absolute atomic E-state index is 0.654. The summed E-state index contributed by atoms with van der Waals surface area (Å²) < 4.78 is 43.5. The standard InChI is InChI=1S/C18H13F3OS/c1-22-16-15(11-23-17(16)13-5-3-2-4-6-13)12-7-9-14(10-8-12)18(19,20)21/h2-11H,1H3. The Balaban J connectivity index is 2.03. The van der Waals surface area contributed by atoms with Gasteiger partial charge in [-0.1, -0.05) is 42.5 Å². The van der Waals surface area contributed by atoms with E-state index in [0.29, 0.717) is 11.3 Å². The largest absolute Gasteiger partial charge is 0.495 e. The first-order chi connectivity index (χ1) is 11.0. The summed E-state index contributed by atoms with van der Waals surface area (Å²) in [7, 11) is 1.57. The van der Waals surface area contributed by atoms with Crippen LogP contribution in [0.25, 0.3) is 21.6 Å². The van der Waals surface area contributed by atoms with Crippen LogP contribution in [0.5, 0.6) is 5.75 Å². The average molecular weight is 334 g/mol. The van der Waals surface area contributed by atoms with E-state index in [1.165, 1.54) is 23.5 Å². The molecular formula is C18H13F3OS. The molecule has 0 radical (unpaired) electrons. The van der Waals surface area contributed by atoms with Gasteiger partial charge < -0.3 is 4.74 Å². The smallest absolute Gasteiger partial charge is 0.416 e. The van der Waals surface area contributed by atoms with Crippen LogP contribution in [0.15, 0.2) is 60.0 Å². The van der Waals surface area contributed by atoms with Crippen LogP contribution in [0.3, 0.4) is 0 Å². The third-order valence-electron chi connectivity index (χ3n) is 3.51. The van der Waals surface area contributed by atoms with E-state index in [-0.39, 0.29) is 0 Å². The lowest BCUT2D eigenvalue weighted by Gasteiger charge is -2.09. The van der Waals surface area contributed by atoms with E-state index in [2.05, 4.69) is 0 Å². The van der Waals surface area contributed by atoms with Gasteiger partial charge in [-0.25, -0.2) is 0 Å². The van der Waals surface area contributed by atoms with Crippen molar-refractivity contribution in [2.45, 2.75) is 6.18 Å². The van der Waals surface area contributed by atoms with Crippen LogP contribution in [0.4, 0.5) is 13.2 Å². The van der Waals surface area contributed by atoms with Gasteiger partial charge in [-0.3, -0.25) is 0 Å². The van der Waals surface area contributed by atoms with Crippen molar-refractivity contribution in [1.29, 1.82) is 0 Å². The van der Waals surface area contributed by atoms with Gasteiger partial charge in [0.25, 0.3) is 0 Å². The molecule has 1 nitrogen and oxygen atoms in total. The number of benzene rings is 2. The monoisotopic (exact) mass is 334 g/mol. The van der Waals surface area contributed by atoms with Gasteiger partial charge in [0.05, 0.1) is 17.6 Å². The van der Waals surface area contributed by atoms with Gasteiger partial charge in [0.1, 0.15) is 5.75 Å². The van der Waals surface area contributed by atoms with Crippen molar-refractivity contribution in [3.63, 3.8) is 0 Å². The van der Waals surface area contributed by atoms with Crippen molar-refractivity contribution in [2.24, 2.45) is 0 Å². The Bertz CT molecular complexity index is 789. The van der Waals surface area contributed by atoms with E-state index >= 15 is 0 Å². The number of rotatable bonds is 3. The van der Waals surface area contributed by atoms with E-state index in [9.17, 15) is 13.2 Å². The number of hydrogen-bond donors (Lipinski definition) is 0. The molecule has 23 heavy (non-hydrogen) atoms. The second-order valence-corrected chi connectivity index (χ2v) is 5.83. The molecule has 1 heterocycles. The lowest BCUT2D eigenvalue weighted by Crippen LogP contribution is -2.03. The zero-order valence-electron chi connectivity index (χ0n) is 12.2. The molecule has 0 N–H and O–H groups in total.